The second-order valence-electron chi connectivity index (χ2n) is 7.76. The smallest absolute Gasteiger partial charge is 0.407 e. The minimum absolute atomic E-state index is 0.151. The Labute approximate surface area is 188 Å². The van der Waals surface area contributed by atoms with Crippen LogP contribution in [0.25, 0.3) is 5.69 Å². The molecule has 1 amide bonds. The molecule has 1 aromatic carbocycles. The number of ether oxygens (including phenoxy) is 2. The maximum Gasteiger partial charge on any atom is 0.407 e. The first kappa shape index (κ1) is 23.4. The number of rotatable bonds is 7. The molecule has 12 heteroatoms. The lowest BCUT2D eigenvalue weighted by Crippen LogP contribution is -2.42. The standard InChI is InChI=1S/C20H22ClFN6O4/c1-20(2,3)32-19(30)24-13(11-29)9-17-25-27-28(26-17)14-4-6-15(7-5-14)31-18-16(22)8-12(21)10-23-18/h4-8,10,13,29H,9,11H2,1-3H3,(H,24,30). The Bertz CT molecular complexity index is 1070. The molecule has 0 radical (unpaired) electrons. The van der Waals surface area contributed by atoms with Crippen LogP contribution >= 0.6 is 11.6 Å². The molecule has 0 saturated carbocycles. The average molecular weight is 465 g/mol. The van der Waals surface area contributed by atoms with E-state index in [9.17, 15) is 14.3 Å². The van der Waals surface area contributed by atoms with Gasteiger partial charge in [0.25, 0.3) is 5.88 Å². The number of nitrogens with zero attached hydrogens (tertiary/aromatic N) is 5. The molecule has 0 bridgehead atoms. The summed E-state index contributed by atoms with van der Waals surface area (Å²) in [5, 5.41) is 24.4. The Morgan fingerprint density at radius 2 is 2.03 bits per heavy atom. The van der Waals surface area contributed by atoms with Gasteiger partial charge >= 0.3 is 6.09 Å². The Kier molecular flexibility index (Phi) is 7.21. The number of halogens is 2. The van der Waals surface area contributed by atoms with Gasteiger partial charge in [0.05, 0.1) is 23.4 Å². The molecular formula is C20H22ClFN6O4. The zero-order valence-electron chi connectivity index (χ0n) is 17.6. The molecule has 2 heterocycles. The summed E-state index contributed by atoms with van der Waals surface area (Å²) in [5.74, 6) is -0.212. The van der Waals surface area contributed by atoms with Gasteiger partial charge in [0.15, 0.2) is 11.6 Å². The first-order chi connectivity index (χ1) is 15.1. The Morgan fingerprint density at radius 1 is 1.31 bits per heavy atom. The van der Waals surface area contributed by atoms with E-state index in [1.54, 1.807) is 45.0 Å². The van der Waals surface area contributed by atoms with Crippen LogP contribution in [-0.2, 0) is 11.2 Å². The molecule has 0 aliphatic heterocycles. The van der Waals surface area contributed by atoms with Gasteiger partial charge in [-0.2, -0.15) is 0 Å². The molecule has 32 heavy (non-hydrogen) atoms. The summed E-state index contributed by atoms with van der Waals surface area (Å²) in [6.45, 7) is 4.90. The number of aliphatic hydroxyl groups excluding tert-OH is 1. The number of amides is 1. The molecule has 1 unspecified atom stereocenters. The molecule has 3 rings (SSSR count). The molecule has 3 aromatic rings. The van der Waals surface area contributed by atoms with E-state index in [0.717, 1.165) is 6.07 Å². The van der Waals surface area contributed by atoms with Crippen molar-refractivity contribution in [3.8, 4) is 17.3 Å². The van der Waals surface area contributed by atoms with Crippen molar-refractivity contribution in [2.24, 2.45) is 0 Å². The van der Waals surface area contributed by atoms with Gasteiger partial charge in [-0.1, -0.05) is 11.6 Å². The summed E-state index contributed by atoms with van der Waals surface area (Å²) in [5.41, 5.74) is -0.0854. The van der Waals surface area contributed by atoms with E-state index in [2.05, 4.69) is 25.7 Å². The van der Waals surface area contributed by atoms with E-state index in [-0.39, 0.29) is 23.9 Å². The number of aliphatic hydroxyl groups is 1. The topological polar surface area (TPSA) is 124 Å². The summed E-state index contributed by atoms with van der Waals surface area (Å²) < 4.78 is 24.4. The fourth-order valence-corrected chi connectivity index (χ4v) is 2.67. The van der Waals surface area contributed by atoms with Crippen molar-refractivity contribution in [1.82, 2.24) is 30.5 Å². The number of pyridine rings is 1. The number of benzene rings is 1. The van der Waals surface area contributed by atoms with Gasteiger partial charge in [0.1, 0.15) is 11.4 Å². The highest BCUT2D eigenvalue weighted by Crippen LogP contribution is 2.24. The molecule has 170 valence electrons. The maximum absolute atomic E-state index is 13.8. The van der Waals surface area contributed by atoms with E-state index in [4.69, 9.17) is 21.1 Å². The first-order valence-electron chi connectivity index (χ1n) is 9.61. The quantitative estimate of drug-likeness (QED) is 0.546. The third-order valence-corrected chi connectivity index (χ3v) is 4.09. The molecule has 0 aliphatic carbocycles. The van der Waals surface area contributed by atoms with Crippen molar-refractivity contribution in [1.29, 1.82) is 0 Å². The second-order valence-corrected chi connectivity index (χ2v) is 8.20. The van der Waals surface area contributed by atoms with Gasteiger partial charge in [0, 0.05) is 12.6 Å². The summed E-state index contributed by atoms with van der Waals surface area (Å²) in [6.07, 6.45) is 0.788. The van der Waals surface area contributed by atoms with Crippen LogP contribution in [-0.4, -0.2) is 54.6 Å². The van der Waals surface area contributed by atoms with E-state index >= 15 is 0 Å². The van der Waals surface area contributed by atoms with Crippen LogP contribution < -0.4 is 10.1 Å². The van der Waals surface area contributed by atoms with Gasteiger partial charge < -0.3 is 19.9 Å². The molecule has 2 aromatic heterocycles. The van der Waals surface area contributed by atoms with Crippen LogP contribution in [0.4, 0.5) is 9.18 Å². The first-order valence-corrected chi connectivity index (χ1v) is 9.99. The van der Waals surface area contributed by atoms with Crippen molar-refractivity contribution in [2.45, 2.75) is 38.8 Å². The van der Waals surface area contributed by atoms with Gasteiger partial charge in [-0.15, -0.1) is 15.0 Å². The fourth-order valence-electron chi connectivity index (χ4n) is 2.53. The number of alkyl carbamates (subject to hydrolysis) is 1. The normalized spacial score (nSPS) is 12.3. The zero-order valence-corrected chi connectivity index (χ0v) is 18.4. The molecule has 2 N–H and O–H groups in total. The Hall–Kier alpha value is -3.31. The number of hydrogen-bond donors (Lipinski definition) is 2. The van der Waals surface area contributed by atoms with Crippen molar-refractivity contribution < 1.29 is 23.8 Å². The minimum Gasteiger partial charge on any atom is -0.444 e. The van der Waals surface area contributed by atoms with Gasteiger partial charge in [-0.25, -0.2) is 14.2 Å². The highest BCUT2D eigenvalue weighted by atomic mass is 35.5. The van der Waals surface area contributed by atoms with Gasteiger partial charge in [0.2, 0.25) is 0 Å². The van der Waals surface area contributed by atoms with Crippen molar-refractivity contribution >= 4 is 17.7 Å². The van der Waals surface area contributed by atoms with E-state index in [1.165, 1.54) is 11.0 Å². The number of aromatic nitrogens is 5. The molecule has 0 spiro atoms. The number of carbonyl (C=O) groups is 1. The van der Waals surface area contributed by atoms with Crippen LogP contribution in [0.2, 0.25) is 5.02 Å². The zero-order chi connectivity index (χ0) is 23.3. The van der Waals surface area contributed by atoms with Crippen molar-refractivity contribution in [3.63, 3.8) is 0 Å². The predicted molar refractivity (Wildman–Crippen MR) is 112 cm³/mol. The molecule has 10 nitrogen and oxygen atoms in total. The monoisotopic (exact) mass is 464 g/mol. The molecule has 0 saturated heterocycles. The van der Waals surface area contributed by atoms with Gasteiger partial charge in [-0.3, -0.25) is 0 Å². The number of tetrazole rings is 1. The molecule has 0 aliphatic rings. The number of hydrogen-bond acceptors (Lipinski definition) is 8. The Morgan fingerprint density at radius 3 is 2.66 bits per heavy atom. The lowest BCUT2D eigenvalue weighted by molar-refractivity contribution is 0.0482. The van der Waals surface area contributed by atoms with Crippen LogP contribution in [0.3, 0.4) is 0 Å². The maximum atomic E-state index is 13.8. The van der Waals surface area contributed by atoms with Crippen molar-refractivity contribution in [2.75, 3.05) is 6.61 Å². The third kappa shape index (κ3) is 6.59. The Balaban J connectivity index is 1.62. The van der Waals surface area contributed by atoms with Crippen LogP contribution in [0.15, 0.2) is 36.5 Å². The van der Waals surface area contributed by atoms with Crippen LogP contribution in [0.5, 0.6) is 11.6 Å². The highest BCUT2D eigenvalue weighted by Gasteiger charge is 2.21. The largest absolute Gasteiger partial charge is 0.444 e. The van der Waals surface area contributed by atoms with E-state index in [0.29, 0.717) is 17.3 Å². The molecule has 0 fully saturated rings. The number of nitrogens with one attached hydrogen (secondary N) is 1. The van der Waals surface area contributed by atoms with Crippen molar-refractivity contribution in [3.05, 3.63) is 53.2 Å². The minimum atomic E-state index is -0.678. The summed E-state index contributed by atoms with van der Waals surface area (Å²) in [4.78, 5) is 17.0. The van der Waals surface area contributed by atoms with Gasteiger partial charge in [-0.05, 0) is 56.3 Å². The summed E-state index contributed by atoms with van der Waals surface area (Å²) in [7, 11) is 0. The number of carbonyl (C=O) groups excluding carboxylic acids is 1. The summed E-state index contributed by atoms with van der Waals surface area (Å²) in [6, 6.07) is 6.95. The lowest BCUT2D eigenvalue weighted by atomic mass is 10.2. The fraction of sp³-hybridized carbons (Fsp3) is 0.350. The predicted octanol–water partition coefficient (Wildman–Crippen LogP) is 3.07. The van der Waals surface area contributed by atoms with E-state index in [1.807, 2.05) is 0 Å². The van der Waals surface area contributed by atoms with E-state index < -0.39 is 23.6 Å². The van der Waals surface area contributed by atoms with Crippen LogP contribution in [0, 0.1) is 5.82 Å². The highest BCUT2D eigenvalue weighted by molar-refractivity contribution is 6.30. The SMILES string of the molecule is CC(C)(C)OC(=O)NC(CO)Cc1nnn(-c2ccc(Oc3ncc(Cl)cc3F)cc2)n1. The third-order valence-electron chi connectivity index (χ3n) is 3.88. The molecular weight excluding hydrogens is 443 g/mol. The average Bonchev–Trinajstić information content (AvgIpc) is 3.17. The summed E-state index contributed by atoms with van der Waals surface area (Å²) >= 11 is 5.68. The lowest BCUT2D eigenvalue weighted by Gasteiger charge is -2.22. The van der Waals surface area contributed by atoms with Crippen LogP contribution in [0.1, 0.15) is 26.6 Å². The second kappa shape index (κ2) is 9.88. The molecule has 1 atom stereocenters.